The summed E-state index contributed by atoms with van der Waals surface area (Å²) < 4.78 is 56.3. The van der Waals surface area contributed by atoms with Crippen LogP contribution in [0.5, 0.6) is 0 Å². The molecule has 2 amide bonds. The van der Waals surface area contributed by atoms with Crippen molar-refractivity contribution in [3.8, 4) is 0 Å². The SMILES string of the molecule is CC1(C)C2CCC13CS(=O)(=O)N(C(=O)C1CCCC(C(=O)N4C5CC6CCC5(CS4(=O)=O)C6(C)C)C1)C3C2. The predicted octanol–water partition coefficient (Wildman–Crippen LogP) is 3.53. The van der Waals surface area contributed by atoms with E-state index in [1.54, 1.807) is 0 Å². The first kappa shape index (κ1) is 25.8. The molecule has 0 aromatic rings. The first-order valence-corrected chi connectivity index (χ1v) is 17.9. The molecule has 4 bridgehead atoms. The minimum absolute atomic E-state index is 0.0434. The Hall–Kier alpha value is -1.16. The number of amides is 2. The predicted molar refractivity (Wildman–Crippen MR) is 141 cm³/mol. The molecule has 8 atom stereocenters. The Morgan fingerprint density at radius 2 is 1.03 bits per heavy atom. The van der Waals surface area contributed by atoms with E-state index >= 15 is 0 Å². The van der Waals surface area contributed by atoms with Crippen LogP contribution in [0.4, 0.5) is 0 Å². The molecule has 2 heterocycles. The maximum absolute atomic E-state index is 13.9. The van der Waals surface area contributed by atoms with Gasteiger partial charge in [0.15, 0.2) is 0 Å². The van der Waals surface area contributed by atoms with Gasteiger partial charge in [0, 0.05) is 22.7 Å². The molecule has 5 aliphatic carbocycles. The minimum atomic E-state index is -3.72. The topological polar surface area (TPSA) is 109 Å². The zero-order chi connectivity index (χ0) is 27.3. The standard InChI is InChI=1S/C28H42N2O6S2/c1-25(2)19-8-10-27(25)15-37(33,34)29(21(27)13-19)23(31)17-6-5-7-18(12-17)24(32)30-22-14-20-9-11-28(22,26(20,3)4)16-38(30,35)36/h17-22H,5-16H2,1-4H3. The molecule has 0 N–H and O–H groups in total. The number of sulfonamides is 2. The van der Waals surface area contributed by atoms with Gasteiger partial charge in [-0.05, 0) is 80.5 Å². The van der Waals surface area contributed by atoms with Gasteiger partial charge in [0.05, 0.1) is 23.6 Å². The molecule has 10 heteroatoms. The van der Waals surface area contributed by atoms with E-state index in [9.17, 15) is 26.4 Å². The second-order valence-electron chi connectivity index (χ2n) is 15.1. The van der Waals surface area contributed by atoms with Gasteiger partial charge in [-0.2, -0.15) is 0 Å². The van der Waals surface area contributed by atoms with Gasteiger partial charge < -0.3 is 0 Å². The lowest BCUT2D eigenvalue weighted by Crippen LogP contribution is -2.49. The summed E-state index contributed by atoms with van der Waals surface area (Å²) in [6, 6.07) is -0.556. The van der Waals surface area contributed by atoms with Gasteiger partial charge in [0.25, 0.3) is 0 Å². The van der Waals surface area contributed by atoms with Crippen molar-refractivity contribution in [2.45, 2.75) is 104 Å². The highest BCUT2D eigenvalue weighted by Gasteiger charge is 2.74. The highest BCUT2D eigenvalue weighted by molar-refractivity contribution is 7.90. The van der Waals surface area contributed by atoms with Crippen LogP contribution < -0.4 is 0 Å². The molecule has 7 aliphatic rings. The summed E-state index contributed by atoms with van der Waals surface area (Å²) in [5, 5.41) is 0. The molecule has 0 aromatic heterocycles. The number of carbonyl (C=O) groups is 2. The second-order valence-corrected chi connectivity index (χ2v) is 18.8. The highest BCUT2D eigenvalue weighted by atomic mass is 32.2. The van der Waals surface area contributed by atoms with Crippen LogP contribution in [-0.4, -0.2) is 60.8 Å². The normalized spacial score (nSPS) is 48.3. The lowest BCUT2D eigenvalue weighted by atomic mass is 9.68. The smallest absolute Gasteiger partial charge is 0.239 e. The molecule has 2 spiro atoms. The second kappa shape index (κ2) is 7.37. The van der Waals surface area contributed by atoms with Crippen molar-refractivity contribution >= 4 is 31.9 Å². The van der Waals surface area contributed by atoms with Crippen molar-refractivity contribution in [3.05, 3.63) is 0 Å². The molecule has 2 saturated heterocycles. The molecule has 7 rings (SSSR count). The van der Waals surface area contributed by atoms with Crippen LogP contribution in [0, 0.1) is 45.3 Å². The van der Waals surface area contributed by atoms with Gasteiger partial charge in [-0.1, -0.05) is 34.1 Å². The van der Waals surface area contributed by atoms with Gasteiger partial charge in [-0.15, -0.1) is 0 Å². The average Bonchev–Trinajstić information content (AvgIpc) is 3.52. The zero-order valence-corrected chi connectivity index (χ0v) is 24.7. The fraction of sp³-hybridized carbons (Fsp3) is 0.929. The molecule has 212 valence electrons. The molecule has 5 saturated carbocycles. The Morgan fingerprint density at radius 3 is 1.39 bits per heavy atom. The minimum Gasteiger partial charge on any atom is -0.273 e. The monoisotopic (exact) mass is 566 g/mol. The molecule has 2 aliphatic heterocycles. The van der Waals surface area contributed by atoms with E-state index in [1.807, 2.05) is 0 Å². The van der Waals surface area contributed by atoms with Gasteiger partial charge in [-0.25, -0.2) is 25.4 Å². The fourth-order valence-electron chi connectivity index (χ4n) is 11.2. The van der Waals surface area contributed by atoms with E-state index in [0.29, 0.717) is 31.1 Å². The van der Waals surface area contributed by atoms with E-state index in [0.717, 1.165) is 38.5 Å². The zero-order valence-electron chi connectivity index (χ0n) is 23.1. The van der Waals surface area contributed by atoms with Crippen LogP contribution in [0.15, 0.2) is 0 Å². The molecule has 7 fully saturated rings. The first-order valence-electron chi connectivity index (χ1n) is 14.7. The lowest BCUT2D eigenvalue weighted by Gasteiger charge is -2.39. The Bertz CT molecular complexity index is 1240. The summed E-state index contributed by atoms with van der Waals surface area (Å²) in [6.07, 6.45) is 7.18. The summed E-state index contributed by atoms with van der Waals surface area (Å²) in [5.41, 5.74) is -0.968. The molecule has 0 aromatic carbocycles. The van der Waals surface area contributed by atoms with E-state index in [2.05, 4.69) is 27.7 Å². The molecule has 38 heavy (non-hydrogen) atoms. The van der Waals surface area contributed by atoms with Crippen LogP contribution in [-0.2, 0) is 29.6 Å². The third-order valence-corrected chi connectivity index (χ3v) is 17.5. The molecule has 8 nitrogen and oxygen atoms in total. The van der Waals surface area contributed by atoms with Crippen molar-refractivity contribution in [1.29, 1.82) is 0 Å². The largest absolute Gasteiger partial charge is 0.273 e. The summed E-state index contributed by atoms with van der Waals surface area (Å²) in [4.78, 5) is 27.9. The van der Waals surface area contributed by atoms with Crippen LogP contribution in [0.1, 0.15) is 91.9 Å². The van der Waals surface area contributed by atoms with Crippen LogP contribution >= 0.6 is 0 Å². The summed E-state index contributed by atoms with van der Waals surface area (Å²) >= 11 is 0. The van der Waals surface area contributed by atoms with Gasteiger partial charge in [0.2, 0.25) is 31.9 Å². The summed E-state index contributed by atoms with van der Waals surface area (Å²) in [7, 11) is -7.44. The maximum atomic E-state index is 13.9. The number of rotatable bonds is 2. The Kier molecular flexibility index (Phi) is 5.00. The van der Waals surface area contributed by atoms with Crippen molar-refractivity contribution in [1.82, 2.24) is 8.61 Å². The fourth-order valence-corrected chi connectivity index (χ4v) is 16.4. The van der Waals surface area contributed by atoms with Crippen LogP contribution in [0.2, 0.25) is 0 Å². The Labute approximate surface area is 227 Å². The van der Waals surface area contributed by atoms with E-state index < -0.39 is 31.9 Å². The van der Waals surface area contributed by atoms with Crippen molar-refractivity contribution < 1.29 is 26.4 Å². The summed E-state index contributed by atoms with van der Waals surface area (Å²) in [6.45, 7) is 8.68. The maximum Gasteiger partial charge on any atom is 0.239 e. The lowest BCUT2D eigenvalue weighted by molar-refractivity contribution is -0.138. The highest BCUT2D eigenvalue weighted by Crippen LogP contribution is 2.71. The van der Waals surface area contributed by atoms with Crippen molar-refractivity contribution in [2.24, 2.45) is 45.3 Å². The van der Waals surface area contributed by atoms with E-state index in [4.69, 9.17) is 0 Å². The number of fused-ring (bicyclic) bond motifs is 2. The Morgan fingerprint density at radius 1 is 0.632 bits per heavy atom. The van der Waals surface area contributed by atoms with Crippen LogP contribution in [0.25, 0.3) is 0 Å². The average molecular weight is 567 g/mol. The quantitative estimate of drug-likeness (QED) is 0.506. The molecule has 0 radical (unpaired) electrons. The van der Waals surface area contributed by atoms with Crippen LogP contribution in [0.3, 0.4) is 0 Å². The number of hydrogen-bond donors (Lipinski definition) is 0. The number of nitrogens with zero attached hydrogens (tertiary/aromatic N) is 2. The van der Waals surface area contributed by atoms with Gasteiger partial charge in [-0.3, -0.25) is 9.59 Å². The van der Waals surface area contributed by atoms with Gasteiger partial charge >= 0.3 is 0 Å². The Balaban J connectivity index is 1.14. The number of carbonyl (C=O) groups excluding carboxylic acids is 2. The molecule has 8 unspecified atom stereocenters. The van der Waals surface area contributed by atoms with E-state index in [-0.39, 0.29) is 63.5 Å². The van der Waals surface area contributed by atoms with Crippen molar-refractivity contribution in [3.63, 3.8) is 0 Å². The first-order chi connectivity index (χ1) is 17.6. The van der Waals surface area contributed by atoms with Crippen molar-refractivity contribution in [2.75, 3.05) is 11.5 Å². The third kappa shape index (κ3) is 2.82. The van der Waals surface area contributed by atoms with Gasteiger partial charge in [0.1, 0.15) is 0 Å². The third-order valence-electron chi connectivity index (χ3n) is 13.6. The molecular weight excluding hydrogens is 524 g/mol. The summed E-state index contributed by atoms with van der Waals surface area (Å²) in [5.74, 6) is -0.871. The molecular formula is C28H42N2O6S2. The van der Waals surface area contributed by atoms with E-state index in [1.165, 1.54) is 8.61 Å². The number of hydrogen-bond acceptors (Lipinski definition) is 6.